The Morgan fingerprint density at radius 2 is 2.00 bits per heavy atom. The Labute approximate surface area is 147 Å². The number of ether oxygens (including phenoxy) is 1. The number of carbonyl (C=O) groups is 2. The molecule has 2 bridgehead atoms. The molecule has 2 aliphatic rings. The first-order valence-electron chi connectivity index (χ1n) is 7.54. The van der Waals surface area contributed by atoms with Gasteiger partial charge in [0.05, 0.1) is 16.0 Å². The number of anilines is 1. The van der Waals surface area contributed by atoms with Gasteiger partial charge in [0.15, 0.2) is 5.60 Å². The van der Waals surface area contributed by atoms with Crippen LogP contribution in [0.15, 0.2) is 22.7 Å². The molecule has 2 fully saturated rings. The zero-order valence-corrected chi connectivity index (χ0v) is 15.1. The summed E-state index contributed by atoms with van der Waals surface area (Å²) in [6.45, 7) is 5.53. The van der Waals surface area contributed by atoms with Crippen LogP contribution in [0.25, 0.3) is 0 Å². The molecule has 2 atom stereocenters. The Balaban J connectivity index is 1.96. The fraction of sp³-hybridized carbons (Fsp3) is 0.500. The van der Waals surface area contributed by atoms with E-state index in [9.17, 15) is 19.7 Å². The van der Waals surface area contributed by atoms with Crippen LogP contribution in [0.4, 0.5) is 11.4 Å². The summed E-state index contributed by atoms with van der Waals surface area (Å²) >= 11 is 3.27. The van der Waals surface area contributed by atoms with Crippen LogP contribution in [0.3, 0.4) is 0 Å². The van der Waals surface area contributed by atoms with Gasteiger partial charge < -0.3 is 10.1 Å². The van der Waals surface area contributed by atoms with Crippen LogP contribution < -0.4 is 5.32 Å². The highest BCUT2D eigenvalue weighted by Gasteiger charge is 2.75. The first-order chi connectivity index (χ1) is 11.0. The number of nitro groups is 1. The summed E-state index contributed by atoms with van der Waals surface area (Å²) in [5, 5.41) is 13.6. The molecule has 0 spiro atoms. The lowest BCUT2D eigenvalue weighted by molar-refractivity contribution is -0.384. The van der Waals surface area contributed by atoms with Gasteiger partial charge in [-0.2, -0.15) is 0 Å². The van der Waals surface area contributed by atoms with Crippen molar-refractivity contribution >= 4 is 39.2 Å². The maximum atomic E-state index is 13.0. The van der Waals surface area contributed by atoms with Gasteiger partial charge in [-0.15, -0.1) is 0 Å². The van der Waals surface area contributed by atoms with Crippen LogP contribution >= 0.6 is 15.9 Å². The minimum absolute atomic E-state index is 0.134. The number of rotatable bonds is 3. The van der Waals surface area contributed by atoms with Crippen molar-refractivity contribution < 1.29 is 19.2 Å². The Hall–Kier alpha value is -1.96. The predicted molar refractivity (Wildman–Crippen MR) is 89.4 cm³/mol. The van der Waals surface area contributed by atoms with E-state index in [1.165, 1.54) is 18.2 Å². The summed E-state index contributed by atoms with van der Waals surface area (Å²) in [6.07, 6.45) is 1.00. The molecule has 1 aromatic carbocycles. The number of nitrogens with one attached hydrogen (secondary N) is 1. The van der Waals surface area contributed by atoms with E-state index in [0.717, 1.165) is 0 Å². The fourth-order valence-corrected chi connectivity index (χ4v) is 4.04. The molecule has 3 rings (SSSR count). The van der Waals surface area contributed by atoms with Gasteiger partial charge in [0, 0.05) is 22.0 Å². The van der Waals surface area contributed by atoms with Crippen LogP contribution in [0, 0.1) is 20.9 Å². The number of hydrogen-bond donors (Lipinski definition) is 1. The summed E-state index contributed by atoms with van der Waals surface area (Å²) in [5.74, 6) is -0.824. The van der Waals surface area contributed by atoms with Gasteiger partial charge in [-0.1, -0.05) is 13.8 Å². The first kappa shape index (κ1) is 16.9. The van der Waals surface area contributed by atoms with Crippen LogP contribution in [0.2, 0.25) is 0 Å². The van der Waals surface area contributed by atoms with Gasteiger partial charge in [-0.25, -0.2) is 0 Å². The molecule has 1 heterocycles. The normalized spacial score (nSPS) is 30.1. The molecule has 1 aliphatic heterocycles. The van der Waals surface area contributed by atoms with E-state index in [-0.39, 0.29) is 17.3 Å². The molecule has 7 nitrogen and oxygen atoms in total. The molecule has 0 unspecified atom stereocenters. The Bertz CT molecular complexity index is 778. The summed E-state index contributed by atoms with van der Waals surface area (Å²) in [4.78, 5) is 35.6. The number of hydrogen-bond acceptors (Lipinski definition) is 5. The lowest BCUT2D eigenvalue weighted by Gasteiger charge is -2.35. The van der Waals surface area contributed by atoms with E-state index >= 15 is 0 Å². The smallest absolute Gasteiger partial charge is 0.313 e. The van der Waals surface area contributed by atoms with Crippen molar-refractivity contribution in [1.82, 2.24) is 0 Å². The SMILES string of the molecule is CC1(C)[C@]2(C)CC[C@]1(C(=O)Nc1cc([N+](=O)[O-])ccc1Br)OC2=O. The number of amides is 1. The molecule has 0 radical (unpaired) electrons. The van der Waals surface area contributed by atoms with Gasteiger partial charge in [-0.05, 0) is 41.8 Å². The zero-order valence-electron chi connectivity index (χ0n) is 13.5. The molecule has 24 heavy (non-hydrogen) atoms. The topological polar surface area (TPSA) is 98.5 Å². The van der Waals surface area contributed by atoms with Crippen molar-refractivity contribution in [2.24, 2.45) is 10.8 Å². The number of non-ortho nitro benzene ring substituents is 1. The summed E-state index contributed by atoms with van der Waals surface area (Å²) in [7, 11) is 0. The third-order valence-corrected chi connectivity index (χ3v) is 6.55. The highest BCUT2D eigenvalue weighted by molar-refractivity contribution is 9.10. The first-order valence-corrected chi connectivity index (χ1v) is 8.33. The Kier molecular flexibility index (Phi) is 3.53. The summed E-state index contributed by atoms with van der Waals surface area (Å²) in [5.41, 5.74) is -2.50. The van der Waals surface area contributed by atoms with Gasteiger partial charge in [0.2, 0.25) is 0 Å². The number of fused-ring (bicyclic) bond motifs is 2. The fourth-order valence-electron chi connectivity index (χ4n) is 3.69. The van der Waals surface area contributed by atoms with Crippen molar-refractivity contribution in [3.05, 3.63) is 32.8 Å². The number of esters is 1. The standard InChI is InChI=1S/C16H17BrN2O5/c1-14(2)15(3)6-7-16(14,24-13(15)21)12(20)18-11-8-9(19(22)23)4-5-10(11)17/h4-5,8H,6-7H2,1-3H3,(H,18,20)/t15-,16-/m1/s1. The lowest BCUT2D eigenvalue weighted by atomic mass is 9.66. The molecule has 1 saturated heterocycles. The zero-order chi connectivity index (χ0) is 17.9. The molecular weight excluding hydrogens is 380 g/mol. The number of halogens is 1. The van der Waals surface area contributed by atoms with Crippen molar-refractivity contribution in [3.63, 3.8) is 0 Å². The van der Waals surface area contributed by atoms with Crippen LogP contribution in [0.5, 0.6) is 0 Å². The highest BCUT2D eigenvalue weighted by Crippen LogP contribution is 2.65. The van der Waals surface area contributed by atoms with E-state index in [2.05, 4.69) is 21.2 Å². The van der Waals surface area contributed by atoms with E-state index in [1.54, 1.807) is 0 Å². The van der Waals surface area contributed by atoms with Gasteiger partial charge in [-0.3, -0.25) is 19.7 Å². The molecule has 8 heteroatoms. The summed E-state index contributed by atoms with van der Waals surface area (Å²) < 4.78 is 6.03. The van der Waals surface area contributed by atoms with Crippen molar-refractivity contribution in [2.45, 2.75) is 39.2 Å². The Morgan fingerprint density at radius 3 is 2.50 bits per heavy atom. The molecule has 1 amide bonds. The van der Waals surface area contributed by atoms with E-state index in [0.29, 0.717) is 17.3 Å². The predicted octanol–water partition coefficient (Wildman–Crippen LogP) is 3.42. The van der Waals surface area contributed by atoms with Crippen molar-refractivity contribution in [3.8, 4) is 0 Å². The van der Waals surface area contributed by atoms with Crippen LogP contribution in [-0.4, -0.2) is 22.4 Å². The molecule has 1 N–H and O–H groups in total. The van der Waals surface area contributed by atoms with Gasteiger partial charge in [0.25, 0.3) is 11.6 Å². The number of benzene rings is 1. The third-order valence-electron chi connectivity index (χ3n) is 5.86. The van der Waals surface area contributed by atoms with Crippen molar-refractivity contribution in [2.75, 3.05) is 5.32 Å². The average Bonchev–Trinajstić information content (AvgIpc) is 2.79. The molecular formula is C16H17BrN2O5. The maximum Gasteiger partial charge on any atom is 0.313 e. The molecule has 1 saturated carbocycles. The maximum absolute atomic E-state index is 13.0. The Morgan fingerprint density at radius 1 is 1.33 bits per heavy atom. The average molecular weight is 397 g/mol. The second kappa shape index (κ2) is 5.02. The quantitative estimate of drug-likeness (QED) is 0.479. The summed E-state index contributed by atoms with van der Waals surface area (Å²) in [6, 6.07) is 4.11. The third kappa shape index (κ3) is 1.95. The second-order valence-electron chi connectivity index (χ2n) is 7.05. The number of carbonyl (C=O) groups excluding carboxylic acids is 2. The largest absolute Gasteiger partial charge is 0.448 e. The molecule has 1 aromatic rings. The lowest BCUT2D eigenvalue weighted by Crippen LogP contribution is -2.50. The van der Waals surface area contributed by atoms with Gasteiger partial charge >= 0.3 is 5.97 Å². The van der Waals surface area contributed by atoms with E-state index < -0.39 is 27.3 Å². The van der Waals surface area contributed by atoms with Gasteiger partial charge in [0.1, 0.15) is 0 Å². The van der Waals surface area contributed by atoms with Crippen LogP contribution in [0.1, 0.15) is 33.6 Å². The minimum Gasteiger partial charge on any atom is -0.448 e. The second-order valence-corrected chi connectivity index (χ2v) is 7.90. The monoisotopic (exact) mass is 396 g/mol. The number of nitro benzene ring substituents is 1. The minimum atomic E-state index is -1.26. The van der Waals surface area contributed by atoms with E-state index in [1.807, 2.05) is 20.8 Å². The molecule has 128 valence electrons. The van der Waals surface area contributed by atoms with E-state index in [4.69, 9.17) is 4.74 Å². The highest BCUT2D eigenvalue weighted by atomic mass is 79.9. The van der Waals surface area contributed by atoms with Crippen LogP contribution in [-0.2, 0) is 14.3 Å². The molecule has 1 aliphatic carbocycles. The number of nitrogens with zero attached hydrogens (tertiary/aromatic N) is 1. The van der Waals surface area contributed by atoms with Crippen molar-refractivity contribution in [1.29, 1.82) is 0 Å². The molecule has 0 aromatic heterocycles.